The van der Waals surface area contributed by atoms with Gasteiger partial charge in [0, 0.05) is 12.1 Å². The van der Waals surface area contributed by atoms with Crippen molar-refractivity contribution in [2.24, 2.45) is 0 Å². The first-order valence-electron chi connectivity index (χ1n) is 7.83. The minimum Gasteiger partial charge on any atom is -0.480 e. The third kappa shape index (κ3) is 3.11. The standard InChI is InChI=1S/C15H28N2O2/c1-3-9-16-15(14(18)19)8-4-7-13(11-15)17-10-5-6-12(17)2/h12-13,16H,3-11H2,1-2H3,(H,18,19). The summed E-state index contributed by atoms with van der Waals surface area (Å²) in [4.78, 5) is 14.3. The molecule has 2 N–H and O–H groups in total. The van der Waals surface area contributed by atoms with Crippen LogP contribution in [-0.4, -0.2) is 46.7 Å². The number of nitrogens with zero attached hydrogens (tertiary/aromatic N) is 1. The molecule has 3 atom stereocenters. The van der Waals surface area contributed by atoms with E-state index in [-0.39, 0.29) is 0 Å². The van der Waals surface area contributed by atoms with Crippen molar-refractivity contribution in [2.75, 3.05) is 13.1 Å². The van der Waals surface area contributed by atoms with E-state index in [4.69, 9.17) is 0 Å². The fraction of sp³-hybridized carbons (Fsp3) is 0.933. The second kappa shape index (κ2) is 6.23. The molecule has 2 fully saturated rings. The molecule has 110 valence electrons. The number of nitrogens with one attached hydrogen (secondary N) is 1. The zero-order chi connectivity index (χ0) is 13.9. The van der Waals surface area contributed by atoms with Crippen LogP contribution >= 0.6 is 0 Å². The number of rotatable bonds is 5. The number of likely N-dealkylation sites (tertiary alicyclic amines) is 1. The highest BCUT2D eigenvalue weighted by Gasteiger charge is 2.44. The van der Waals surface area contributed by atoms with Crippen molar-refractivity contribution < 1.29 is 9.90 Å². The van der Waals surface area contributed by atoms with Gasteiger partial charge in [-0.15, -0.1) is 0 Å². The Balaban J connectivity index is 2.06. The monoisotopic (exact) mass is 268 g/mol. The first-order valence-corrected chi connectivity index (χ1v) is 7.83. The summed E-state index contributed by atoms with van der Waals surface area (Å²) in [6.07, 6.45) is 7.25. The molecule has 2 aliphatic rings. The third-order valence-electron chi connectivity index (χ3n) is 4.92. The second-order valence-corrected chi connectivity index (χ2v) is 6.29. The van der Waals surface area contributed by atoms with Crippen LogP contribution in [0.4, 0.5) is 0 Å². The lowest BCUT2D eigenvalue weighted by atomic mass is 9.78. The molecule has 0 aromatic rings. The van der Waals surface area contributed by atoms with Gasteiger partial charge in [-0.1, -0.05) is 6.92 Å². The minimum atomic E-state index is -0.679. The maximum atomic E-state index is 11.7. The summed E-state index contributed by atoms with van der Waals surface area (Å²) in [5.74, 6) is -0.655. The molecule has 0 amide bonds. The molecule has 4 nitrogen and oxygen atoms in total. The van der Waals surface area contributed by atoms with Gasteiger partial charge in [0.15, 0.2) is 0 Å². The first kappa shape index (κ1) is 14.8. The summed E-state index contributed by atoms with van der Waals surface area (Å²) in [5, 5.41) is 13.0. The Labute approximate surface area is 116 Å². The van der Waals surface area contributed by atoms with Crippen molar-refractivity contribution in [2.45, 2.75) is 76.4 Å². The maximum Gasteiger partial charge on any atom is 0.323 e. The molecular weight excluding hydrogens is 240 g/mol. The van der Waals surface area contributed by atoms with Crippen LogP contribution in [0.5, 0.6) is 0 Å². The molecule has 0 radical (unpaired) electrons. The smallest absolute Gasteiger partial charge is 0.323 e. The van der Waals surface area contributed by atoms with Crippen LogP contribution in [0.15, 0.2) is 0 Å². The molecule has 3 unspecified atom stereocenters. The van der Waals surface area contributed by atoms with E-state index in [1.807, 2.05) is 0 Å². The first-order chi connectivity index (χ1) is 9.09. The van der Waals surface area contributed by atoms with E-state index in [1.54, 1.807) is 0 Å². The van der Waals surface area contributed by atoms with Crippen LogP contribution in [0.25, 0.3) is 0 Å². The Hall–Kier alpha value is -0.610. The Morgan fingerprint density at radius 1 is 1.42 bits per heavy atom. The normalized spacial score (nSPS) is 36.5. The van der Waals surface area contributed by atoms with E-state index in [2.05, 4.69) is 24.1 Å². The lowest BCUT2D eigenvalue weighted by molar-refractivity contribution is -0.147. The topological polar surface area (TPSA) is 52.6 Å². The SMILES string of the molecule is CCCNC1(C(=O)O)CCCC(N2CCCC2C)C1. The van der Waals surface area contributed by atoms with Crippen LogP contribution < -0.4 is 5.32 Å². The van der Waals surface area contributed by atoms with E-state index in [0.29, 0.717) is 12.1 Å². The van der Waals surface area contributed by atoms with Gasteiger partial charge in [-0.3, -0.25) is 9.69 Å². The molecule has 0 bridgehead atoms. The van der Waals surface area contributed by atoms with Crippen molar-refractivity contribution in [3.63, 3.8) is 0 Å². The van der Waals surface area contributed by atoms with Crippen LogP contribution in [-0.2, 0) is 4.79 Å². The maximum absolute atomic E-state index is 11.7. The zero-order valence-corrected chi connectivity index (χ0v) is 12.3. The number of carboxylic acid groups (broad SMARTS) is 1. The van der Waals surface area contributed by atoms with E-state index >= 15 is 0 Å². The number of hydrogen-bond acceptors (Lipinski definition) is 3. The molecule has 0 aromatic carbocycles. The predicted octanol–water partition coefficient (Wildman–Crippen LogP) is 2.24. The summed E-state index contributed by atoms with van der Waals surface area (Å²) >= 11 is 0. The average Bonchev–Trinajstić information content (AvgIpc) is 2.83. The molecule has 2 rings (SSSR count). The highest BCUT2D eigenvalue weighted by molar-refractivity contribution is 5.79. The minimum absolute atomic E-state index is 0.451. The molecule has 19 heavy (non-hydrogen) atoms. The lowest BCUT2D eigenvalue weighted by Gasteiger charge is -2.43. The summed E-state index contributed by atoms with van der Waals surface area (Å²) in [5.41, 5.74) is -0.679. The Morgan fingerprint density at radius 2 is 2.21 bits per heavy atom. The molecule has 1 saturated heterocycles. The number of carboxylic acids is 1. The lowest BCUT2D eigenvalue weighted by Crippen LogP contribution is -2.58. The molecule has 1 saturated carbocycles. The number of carbonyl (C=O) groups is 1. The summed E-state index contributed by atoms with van der Waals surface area (Å²) < 4.78 is 0. The van der Waals surface area contributed by atoms with Crippen molar-refractivity contribution in [1.82, 2.24) is 10.2 Å². The van der Waals surface area contributed by atoms with Crippen molar-refractivity contribution in [3.05, 3.63) is 0 Å². The largest absolute Gasteiger partial charge is 0.480 e. The van der Waals surface area contributed by atoms with Gasteiger partial charge in [-0.2, -0.15) is 0 Å². The van der Waals surface area contributed by atoms with Gasteiger partial charge in [0.2, 0.25) is 0 Å². The Kier molecular flexibility index (Phi) is 4.85. The quantitative estimate of drug-likeness (QED) is 0.803. The van der Waals surface area contributed by atoms with Gasteiger partial charge in [0.1, 0.15) is 5.54 Å². The average molecular weight is 268 g/mol. The predicted molar refractivity (Wildman–Crippen MR) is 76.3 cm³/mol. The molecule has 1 aliphatic carbocycles. The molecular formula is C15H28N2O2. The highest BCUT2D eigenvalue weighted by Crippen LogP contribution is 2.34. The third-order valence-corrected chi connectivity index (χ3v) is 4.92. The molecule has 1 heterocycles. The van der Waals surface area contributed by atoms with Crippen LogP contribution in [0.1, 0.15) is 58.8 Å². The van der Waals surface area contributed by atoms with E-state index < -0.39 is 11.5 Å². The van der Waals surface area contributed by atoms with Gasteiger partial charge >= 0.3 is 5.97 Å². The molecule has 0 spiro atoms. The van der Waals surface area contributed by atoms with Gasteiger partial charge in [-0.25, -0.2) is 0 Å². The van der Waals surface area contributed by atoms with Gasteiger partial charge in [0.05, 0.1) is 0 Å². The summed E-state index contributed by atoms with van der Waals surface area (Å²) in [7, 11) is 0. The number of aliphatic carboxylic acids is 1. The Morgan fingerprint density at radius 3 is 2.79 bits per heavy atom. The molecule has 4 heteroatoms. The molecule has 0 aromatic heterocycles. The fourth-order valence-electron chi connectivity index (χ4n) is 3.82. The van der Waals surface area contributed by atoms with Crippen LogP contribution in [0.2, 0.25) is 0 Å². The summed E-state index contributed by atoms with van der Waals surface area (Å²) in [6.45, 7) is 6.32. The van der Waals surface area contributed by atoms with E-state index in [1.165, 1.54) is 12.8 Å². The van der Waals surface area contributed by atoms with Gasteiger partial charge in [-0.05, 0) is 65.0 Å². The van der Waals surface area contributed by atoms with Crippen molar-refractivity contribution in [3.8, 4) is 0 Å². The van der Waals surface area contributed by atoms with Gasteiger partial charge < -0.3 is 10.4 Å². The van der Waals surface area contributed by atoms with Crippen molar-refractivity contribution in [1.29, 1.82) is 0 Å². The molecule has 1 aliphatic heterocycles. The zero-order valence-electron chi connectivity index (χ0n) is 12.3. The fourth-order valence-corrected chi connectivity index (χ4v) is 3.82. The van der Waals surface area contributed by atoms with Gasteiger partial charge in [0.25, 0.3) is 0 Å². The van der Waals surface area contributed by atoms with Crippen LogP contribution in [0, 0.1) is 0 Å². The van der Waals surface area contributed by atoms with E-state index in [9.17, 15) is 9.90 Å². The highest BCUT2D eigenvalue weighted by atomic mass is 16.4. The van der Waals surface area contributed by atoms with E-state index in [0.717, 1.165) is 45.2 Å². The number of hydrogen-bond donors (Lipinski definition) is 2. The Bertz CT molecular complexity index is 321. The van der Waals surface area contributed by atoms with Crippen LogP contribution in [0.3, 0.4) is 0 Å². The van der Waals surface area contributed by atoms with Crippen molar-refractivity contribution >= 4 is 5.97 Å². The summed E-state index contributed by atoms with van der Waals surface area (Å²) in [6, 6.07) is 1.08. The second-order valence-electron chi connectivity index (χ2n) is 6.29.